The summed E-state index contributed by atoms with van der Waals surface area (Å²) in [5.41, 5.74) is 11.2. The maximum Gasteiger partial charge on any atom is 0.257 e. The number of carbonyl (C=O) groups is 2. The molecule has 0 unspecified atom stereocenters. The van der Waals surface area contributed by atoms with Gasteiger partial charge in [0.15, 0.2) is 0 Å². The fourth-order valence-corrected chi connectivity index (χ4v) is 4.87. The van der Waals surface area contributed by atoms with Crippen LogP contribution in [0.3, 0.4) is 0 Å². The van der Waals surface area contributed by atoms with Gasteiger partial charge in [0.25, 0.3) is 11.8 Å². The van der Waals surface area contributed by atoms with E-state index in [1.165, 1.54) is 11.8 Å². The molecule has 1 saturated heterocycles. The van der Waals surface area contributed by atoms with Crippen molar-refractivity contribution in [2.24, 2.45) is 10.7 Å². The molecule has 3 N–H and O–H groups in total. The molecule has 2 aromatic carbocycles. The lowest BCUT2D eigenvalue weighted by atomic mass is 9.88. The summed E-state index contributed by atoms with van der Waals surface area (Å²) >= 11 is 5.85. The SMILES string of the molecule is CN=CC(=CN)c1ccc(C2CCN(C(=O)c3ccc(N(C)C)c(NC(=O)c4ccc(Cl)nc4)c3)CC2)cc1. The van der Waals surface area contributed by atoms with Gasteiger partial charge in [-0.3, -0.25) is 14.6 Å². The van der Waals surface area contributed by atoms with Gasteiger partial charge in [-0.15, -0.1) is 0 Å². The number of rotatable bonds is 7. The zero-order chi connectivity index (χ0) is 27.9. The standard InChI is InChI=1S/C30H33ClN6O2/c1-33-18-25(17-32)21-6-4-20(5-7-21)22-12-14-37(15-13-22)30(39)23-8-10-27(36(2)3)26(16-23)35-29(38)24-9-11-28(31)34-19-24/h4-11,16-19,22H,12-15,32H2,1-3H3,(H,35,38). The van der Waals surface area contributed by atoms with E-state index in [0.29, 0.717) is 41.0 Å². The van der Waals surface area contributed by atoms with Crippen molar-refractivity contribution in [3.63, 3.8) is 0 Å². The first-order chi connectivity index (χ1) is 18.8. The van der Waals surface area contributed by atoms with Crippen molar-refractivity contribution in [2.45, 2.75) is 18.8 Å². The number of benzene rings is 2. The lowest BCUT2D eigenvalue weighted by Crippen LogP contribution is -2.38. The number of carbonyl (C=O) groups excluding carboxylic acids is 2. The van der Waals surface area contributed by atoms with Crippen molar-refractivity contribution < 1.29 is 9.59 Å². The summed E-state index contributed by atoms with van der Waals surface area (Å²) in [6.45, 7) is 1.32. The quantitative estimate of drug-likeness (QED) is 0.319. The third kappa shape index (κ3) is 6.64. The molecule has 1 aliphatic heterocycles. The van der Waals surface area contributed by atoms with Gasteiger partial charge in [-0.2, -0.15) is 0 Å². The monoisotopic (exact) mass is 544 g/mol. The first-order valence-electron chi connectivity index (χ1n) is 12.8. The summed E-state index contributed by atoms with van der Waals surface area (Å²) in [6.07, 6.45) is 6.49. The molecule has 0 bridgehead atoms. The number of amides is 2. The molecule has 0 saturated carbocycles. The van der Waals surface area contributed by atoms with Gasteiger partial charge in [-0.05, 0) is 60.2 Å². The molecular weight excluding hydrogens is 512 g/mol. The third-order valence-electron chi connectivity index (χ3n) is 6.91. The summed E-state index contributed by atoms with van der Waals surface area (Å²) in [5, 5.41) is 3.24. The molecule has 8 nitrogen and oxygen atoms in total. The number of nitrogens with one attached hydrogen (secondary N) is 1. The molecule has 2 heterocycles. The van der Waals surface area contributed by atoms with Gasteiger partial charge < -0.3 is 20.9 Å². The number of aliphatic imine (C=N–C) groups is 1. The average molecular weight is 545 g/mol. The number of nitrogens with zero attached hydrogens (tertiary/aromatic N) is 4. The second-order valence-electron chi connectivity index (χ2n) is 9.65. The zero-order valence-corrected chi connectivity index (χ0v) is 23.2. The minimum absolute atomic E-state index is 0.0469. The van der Waals surface area contributed by atoms with Crippen LogP contribution in [0, 0.1) is 0 Å². The fourth-order valence-electron chi connectivity index (χ4n) is 4.76. The highest BCUT2D eigenvalue weighted by molar-refractivity contribution is 6.29. The minimum atomic E-state index is -0.324. The number of nitrogens with two attached hydrogens (primary N) is 1. The van der Waals surface area contributed by atoms with Crippen LogP contribution in [0.5, 0.6) is 0 Å². The Morgan fingerprint density at radius 1 is 1.05 bits per heavy atom. The van der Waals surface area contributed by atoms with Crippen molar-refractivity contribution in [3.8, 4) is 0 Å². The summed E-state index contributed by atoms with van der Waals surface area (Å²) in [4.78, 5) is 38.1. The molecule has 1 fully saturated rings. The lowest BCUT2D eigenvalue weighted by Gasteiger charge is -2.32. The lowest BCUT2D eigenvalue weighted by molar-refractivity contribution is 0.0712. The third-order valence-corrected chi connectivity index (χ3v) is 7.13. The summed E-state index contributed by atoms with van der Waals surface area (Å²) < 4.78 is 0. The first kappa shape index (κ1) is 27.9. The molecule has 0 spiro atoms. The highest BCUT2D eigenvalue weighted by Crippen LogP contribution is 2.31. The maximum absolute atomic E-state index is 13.4. The van der Waals surface area contributed by atoms with Gasteiger partial charge in [0.2, 0.25) is 0 Å². The van der Waals surface area contributed by atoms with Crippen LogP contribution in [-0.2, 0) is 0 Å². The highest BCUT2D eigenvalue weighted by Gasteiger charge is 2.25. The van der Waals surface area contributed by atoms with Gasteiger partial charge in [-0.25, -0.2) is 4.98 Å². The molecule has 1 aliphatic rings. The summed E-state index contributed by atoms with van der Waals surface area (Å²) in [7, 11) is 5.50. The number of anilines is 2. The Balaban J connectivity index is 1.44. The topological polar surface area (TPSA) is 104 Å². The van der Waals surface area contributed by atoms with E-state index in [4.69, 9.17) is 17.3 Å². The Labute approximate surface area is 234 Å². The molecule has 202 valence electrons. The number of hydrogen-bond donors (Lipinski definition) is 2. The number of halogens is 1. The van der Waals surface area contributed by atoms with E-state index in [-0.39, 0.29) is 11.8 Å². The number of aromatic nitrogens is 1. The van der Waals surface area contributed by atoms with E-state index in [2.05, 4.69) is 39.6 Å². The molecule has 4 rings (SSSR count). The van der Waals surface area contributed by atoms with Crippen molar-refractivity contribution in [1.82, 2.24) is 9.88 Å². The Hall–Kier alpha value is -4.17. The van der Waals surface area contributed by atoms with E-state index >= 15 is 0 Å². The van der Waals surface area contributed by atoms with Crippen LogP contribution in [0.2, 0.25) is 5.15 Å². The maximum atomic E-state index is 13.4. The molecular formula is C30H33ClN6O2. The van der Waals surface area contributed by atoms with E-state index < -0.39 is 0 Å². The molecule has 39 heavy (non-hydrogen) atoms. The van der Waals surface area contributed by atoms with Gasteiger partial charge in [0, 0.05) is 64.0 Å². The van der Waals surface area contributed by atoms with Crippen molar-refractivity contribution in [1.29, 1.82) is 0 Å². The van der Waals surface area contributed by atoms with Crippen LogP contribution in [0.4, 0.5) is 11.4 Å². The zero-order valence-electron chi connectivity index (χ0n) is 22.4. The van der Waals surface area contributed by atoms with Crippen LogP contribution in [-0.4, -0.2) is 62.1 Å². The van der Waals surface area contributed by atoms with Gasteiger partial charge >= 0.3 is 0 Å². The van der Waals surface area contributed by atoms with Crippen molar-refractivity contribution in [2.75, 3.05) is 44.4 Å². The summed E-state index contributed by atoms with van der Waals surface area (Å²) in [6, 6.07) is 17.0. The number of piperidine rings is 1. The normalized spacial score (nSPS) is 14.5. The Morgan fingerprint density at radius 2 is 1.72 bits per heavy atom. The molecule has 3 aromatic rings. The van der Waals surface area contributed by atoms with Gasteiger partial charge in [0.05, 0.1) is 16.9 Å². The number of pyridine rings is 1. The van der Waals surface area contributed by atoms with E-state index in [1.54, 1.807) is 37.7 Å². The highest BCUT2D eigenvalue weighted by atomic mass is 35.5. The molecule has 1 aromatic heterocycles. The van der Waals surface area contributed by atoms with Crippen LogP contribution in [0.15, 0.2) is 72.0 Å². The van der Waals surface area contributed by atoms with Crippen molar-refractivity contribution >= 4 is 46.6 Å². The van der Waals surface area contributed by atoms with Crippen LogP contribution < -0.4 is 16.0 Å². The summed E-state index contributed by atoms with van der Waals surface area (Å²) in [5.74, 6) is 0.0105. The largest absolute Gasteiger partial charge is 0.404 e. The minimum Gasteiger partial charge on any atom is -0.404 e. The predicted molar refractivity (Wildman–Crippen MR) is 159 cm³/mol. The average Bonchev–Trinajstić information content (AvgIpc) is 2.96. The van der Waals surface area contributed by atoms with Crippen molar-refractivity contribution in [3.05, 3.63) is 94.4 Å². The molecule has 0 aliphatic carbocycles. The van der Waals surface area contributed by atoms with Crippen LogP contribution >= 0.6 is 11.6 Å². The van der Waals surface area contributed by atoms with E-state index in [9.17, 15) is 9.59 Å². The Bertz CT molecular complexity index is 1380. The molecule has 0 atom stereocenters. The second kappa shape index (κ2) is 12.6. The van der Waals surface area contributed by atoms with E-state index in [1.807, 2.05) is 36.0 Å². The molecule has 0 radical (unpaired) electrons. The van der Waals surface area contributed by atoms with E-state index in [0.717, 1.165) is 29.7 Å². The smallest absolute Gasteiger partial charge is 0.257 e. The molecule has 9 heteroatoms. The predicted octanol–water partition coefficient (Wildman–Crippen LogP) is 5.07. The number of likely N-dealkylation sites (tertiary alicyclic amines) is 1. The Kier molecular flexibility index (Phi) is 8.99. The molecule has 2 amide bonds. The number of hydrogen-bond acceptors (Lipinski definition) is 6. The fraction of sp³-hybridized carbons (Fsp3) is 0.267. The first-order valence-corrected chi connectivity index (χ1v) is 13.2. The van der Waals surface area contributed by atoms with Crippen LogP contribution in [0.1, 0.15) is 50.6 Å². The Morgan fingerprint density at radius 3 is 2.31 bits per heavy atom. The number of allylic oxidation sites excluding steroid dienone is 1. The van der Waals surface area contributed by atoms with Gasteiger partial charge in [-0.1, -0.05) is 35.9 Å². The van der Waals surface area contributed by atoms with Crippen LogP contribution in [0.25, 0.3) is 5.57 Å². The van der Waals surface area contributed by atoms with Gasteiger partial charge in [0.1, 0.15) is 5.15 Å². The second-order valence-corrected chi connectivity index (χ2v) is 10.0.